The first-order valence-corrected chi connectivity index (χ1v) is 9.87. The van der Waals surface area contributed by atoms with E-state index in [9.17, 15) is 18.0 Å². The maximum Gasteiger partial charge on any atom is 0.305 e. The van der Waals surface area contributed by atoms with Crippen LogP contribution in [-0.2, 0) is 21.4 Å². The number of nitrogens with zero attached hydrogens (tertiary/aromatic N) is 1. The van der Waals surface area contributed by atoms with Crippen molar-refractivity contribution in [3.63, 3.8) is 0 Å². The minimum absolute atomic E-state index is 0.0112. The van der Waals surface area contributed by atoms with Crippen molar-refractivity contribution >= 4 is 21.9 Å². The molecule has 0 fully saturated rings. The number of hydrogen-bond donors (Lipinski definition) is 2. The Morgan fingerprint density at radius 1 is 1.20 bits per heavy atom. The summed E-state index contributed by atoms with van der Waals surface area (Å²) in [6.45, 7) is 6.28. The minimum Gasteiger partial charge on any atom is -0.481 e. The predicted molar refractivity (Wildman–Crippen MR) is 95.7 cm³/mol. The number of carbonyl (C=O) groups excluding carboxylic acids is 1. The van der Waals surface area contributed by atoms with Crippen LogP contribution in [-0.4, -0.2) is 49.1 Å². The Hall–Kier alpha value is -1.93. The van der Waals surface area contributed by atoms with Crippen molar-refractivity contribution in [2.75, 3.05) is 18.8 Å². The average Bonchev–Trinajstić information content (AvgIpc) is 2.56. The smallest absolute Gasteiger partial charge is 0.305 e. The third kappa shape index (κ3) is 7.66. The number of carboxylic acids is 1. The van der Waals surface area contributed by atoms with E-state index in [-0.39, 0.29) is 37.1 Å². The van der Waals surface area contributed by atoms with Crippen LogP contribution in [0.3, 0.4) is 0 Å². The lowest BCUT2D eigenvalue weighted by molar-refractivity contribution is -0.137. The topological polar surface area (TPSA) is 104 Å². The van der Waals surface area contributed by atoms with E-state index in [1.807, 2.05) is 13.8 Å². The number of sulfonamides is 1. The van der Waals surface area contributed by atoms with Gasteiger partial charge >= 0.3 is 5.97 Å². The molecule has 2 N–H and O–H groups in total. The van der Waals surface area contributed by atoms with Gasteiger partial charge in [0.05, 0.1) is 12.2 Å². The van der Waals surface area contributed by atoms with E-state index in [1.165, 1.54) is 4.90 Å². The van der Waals surface area contributed by atoms with Gasteiger partial charge in [0, 0.05) is 25.2 Å². The van der Waals surface area contributed by atoms with E-state index in [2.05, 4.69) is 4.72 Å². The Morgan fingerprint density at radius 3 is 2.28 bits per heavy atom. The van der Waals surface area contributed by atoms with E-state index in [4.69, 9.17) is 5.11 Å². The minimum atomic E-state index is -3.27. The molecule has 1 amide bonds. The summed E-state index contributed by atoms with van der Waals surface area (Å²) < 4.78 is 25.4. The molecule has 1 rings (SSSR count). The SMILES string of the molecule is CCS(=O)(=O)NCc1ccc(C(=O)N(CCC(=O)O)CC(C)C)cc1. The molecule has 0 aliphatic carbocycles. The van der Waals surface area contributed by atoms with Crippen LogP contribution in [0.5, 0.6) is 0 Å². The number of nitrogens with one attached hydrogen (secondary N) is 1. The quantitative estimate of drug-likeness (QED) is 0.652. The lowest BCUT2D eigenvalue weighted by Gasteiger charge is -2.24. The van der Waals surface area contributed by atoms with Gasteiger partial charge in [0.2, 0.25) is 10.0 Å². The zero-order valence-electron chi connectivity index (χ0n) is 14.9. The Labute approximate surface area is 149 Å². The van der Waals surface area contributed by atoms with Crippen molar-refractivity contribution in [2.45, 2.75) is 33.7 Å². The third-order valence-electron chi connectivity index (χ3n) is 3.55. The van der Waals surface area contributed by atoms with Gasteiger partial charge in [-0.05, 0) is 30.5 Å². The first kappa shape index (κ1) is 21.1. The number of carbonyl (C=O) groups is 2. The van der Waals surface area contributed by atoms with E-state index < -0.39 is 16.0 Å². The Bertz CT molecular complexity index is 683. The van der Waals surface area contributed by atoms with Crippen molar-refractivity contribution in [3.8, 4) is 0 Å². The summed E-state index contributed by atoms with van der Waals surface area (Å²) in [5, 5.41) is 8.84. The van der Waals surface area contributed by atoms with Gasteiger partial charge in [-0.3, -0.25) is 9.59 Å². The Balaban J connectivity index is 2.79. The van der Waals surface area contributed by atoms with Crippen molar-refractivity contribution in [2.24, 2.45) is 5.92 Å². The van der Waals surface area contributed by atoms with Gasteiger partial charge in [0.25, 0.3) is 5.91 Å². The molecular weight excluding hydrogens is 344 g/mol. The lowest BCUT2D eigenvalue weighted by Crippen LogP contribution is -2.36. The van der Waals surface area contributed by atoms with Crippen molar-refractivity contribution in [1.29, 1.82) is 0 Å². The largest absolute Gasteiger partial charge is 0.481 e. The summed E-state index contributed by atoms with van der Waals surface area (Å²) in [6.07, 6.45) is -0.102. The molecule has 0 radical (unpaired) electrons. The van der Waals surface area contributed by atoms with Crippen LogP contribution in [0.1, 0.15) is 43.1 Å². The molecule has 1 aromatic rings. The normalized spacial score (nSPS) is 11.5. The molecule has 1 aromatic carbocycles. The molecule has 0 aromatic heterocycles. The molecule has 140 valence electrons. The molecule has 0 aliphatic rings. The van der Waals surface area contributed by atoms with Crippen molar-refractivity contribution in [3.05, 3.63) is 35.4 Å². The fraction of sp³-hybridized carbons (Fsp3) is 0.529. The Kier molecular flexibility index (Phi) is 8.05. The van der Waals surface area contributed by atoms with Gasteiger partial charge in [-0.25, -0.2) is 13.1 Å². The number of benzene rings is 1. The van der Waals surface area contributed by atoms with E-state index in [1.54, 1.807) is 31.2 Å². The summed E-state index contributed by atoms with van der Waals surface area (Å²) >= 11 is 0. The molecule has 0 saturated heterocycles. The number of carboxylic acid groups (broad SMARTS) is 1. The molecule has 0 bridgehead atoms. The van der Waals surface area contributed by atoms with Gasteiger partial charge in [-0.1, -0.05) is 26.0 Å². The fourth-order valence-corrected chi connectivity index (χ4v) is 2.78. The number of amides is 1. The Morgan fingerprint density at radius 2 is 1.80 bits per heavy atom. The molecule has 0 heterocycles. The van der Waals surface area contributed by atoms with Crippen LogP contribution < -0.4 is 4.72 Å². The number of rotatable bonds is 10. The van der Waals surface area contributed by atoms with Gasteiger partial charge < -0.3 is 10.0 Å². The van der Waals surface area contributed by atoms with Gasteiger partial charge in [-0.2, -0.15) is 0 Å². The second-order valence-electron chi connectivity index (χ2n) is 6.21. The molecule has 0 unspecified atom stereocenters. The second kappa shape index (κ2) is 9.53. The molecule has 25 heavy (non-hydrogen) atoms. The summed E-state index contributed by atoms with van der Waals surface area (Å²) in [5.74, 6) is -0.937. The molecule has 8 heteroatoms. The van der Waals surface area contributed by atoms with Crippen LogP contribution >= 0.6 is 0 Å². The van der Waals surface area contributed by atoms with E-state index >= 15 is 0 Å². The highest BCUT2D eigenvalue weighted by Gasteiger charge is 2.18. The second-order valence-corrected chi connectivity index (χ2v) is 8.31. The molecule has 0 aliphatic heterocycles. The maximum absolute atomic E-state index is 12.6. The highest BCUT2D eigenvalue weighted by molar-refractivity contribution is 7.89. The van der Waals surface area contributed by atoms with Gasteiger partial charge in [0.15, 0.2) is 0 Å². The number of aliphatic carboxylic acids is 1. The standard InChI is InChI=1S/C17H26N2O5S/c1-4-25(23,24)18-11-14-5-7-15(8-6-14)17(22)19(12-13(2)3)10-9-16(20)21/h5-8,13,18H,4,9-12H2,1-3H3,(H,20,21). The van der Waals surface area contributed by atoms with Crippen LogP contribution in [0.4, 0.5) is 0 Å². The van der Waals surface area contributed by atoms with Crippen molar-refractivity contribution in [1.82, 2.24) is 9.62 Å². The van der Waals surface area contributed by atoms with Gasteiger partial charge in [0.1, 0.15) is 0 Å². The van der Waals surface area contributed by atoms with Crippen LogP contribution in [0.15, 0.2) is 24.3 Å². The van der Waals surface area contributed by atoms with Gasteiger partial charge in [-0.15, -0.1) is 0 Å². The van der Waals surface area contributed by atoms with E-state index in [0.717, 1.165) is 5.56 Å². The molecule has 0 saturated carbocycles. The lowest BCUT2D eigenvalue weighted by atomic mass is 10.1. The summed E-state index contributed by atoms with van der Waals surface area (Å²) in [7, 11) is -3.27. The van der Waals surface area contributed by atoms with Crippen LogP contribution in [0.25, 0.3) is 0 Å². The summed E-state index contributed by atoms with van der Waals surface area (Å²) in [6, 6.07) is 6.64. The summed E-state index contributed by atoms with van der Waals surface area (Å²) in [5.41, 5.74) is 1.20. The van der Waals surface area contributed by atoms with E-state index in [0.29, 0.717) is 12.1 Å². The zero-order chi connectivity index (χ0) is 19.0. The number of hydrogen-bond acceptors (Lipinski definition) is 4. The first-order chi connectivity index (χ1) is 11.6. The van der Waals surface area contributed by atoms with Crippen molar-refractivity contribution < 1.29 is 23.1 Å². The molecule has 0 spiro atoms. The first-order valence-electron chi connectivity index (χ1n) is 8.22. The highest BCUT2D eigenvalue weighted by atomic mass is 32.2. The monoisotopic (exact) mass is 370 g/mol. The van der Waals surface area contributed by atoms with Crippen LogP contribution in [0, 0.1) is 5.92 Å². The maximum atomic E-state index is 12.6. The van der Waals surface area contributed by atoms with Crippen LogP contribution in [0.2, 0.25) is 0 Å². The fourth-order valence-electron chi connectivity index (χ4n) is 2.19. The average molecular weight is 370 g/mol. The zero-order valence-corrected chi connectivity index (χ0v) is 15.7. The highest BCUT2D eigenvalue weighted by Crippen LogP contribution is 2.11. The molecule has 7 nitrogen and oxygen atoms in total. The molecular formula is C17H26N2O5S. The third-order valence-corrected chi connectivity index (χ3v) is 4.89. The summed E-state index contributed by atoms with van der Waals surface area (Å²) in [4.78, 5) is 24.9. The molecule has 0 atom stereocenters. The predicted octanol–water partition coefficient (Wildman–Crippen LogP) is 1.70.